The fourth-order valence-corrected chi connectivity index (χ4v) is 3.30. The molecule has 2 rings (SSSR count). The van der Waals surface area contributed by atoms with Crippen molar-refractivity contribution in [3.8, 4) is 0 Å². The number of aryl methyl sites for hydroxylation is 2. The molecule has 0 aliphatic heterocycles. The van der Waals surface area contributed by atoms with Crippen molar-refractivity contribution in [2.24, 2.45) is 0 Å². The highest BCUT2D eigenvalue weighted by Gasteiger charge is 2.21. The minimum absolute atomic E-state index is 0.114. The normalized spacial score (nSPS) is 11.2. The standard InChI is InChI=1S/C16H17NO3S/c1-11-8-6-9-14(13(11)3)16(18)17-21(19,20)15-10-5-4-7-12(15)2/h4-10H,1-3H3,(H,17,18). The van der Waals surface area contributed by atoms with E-state index in [0.29, 0.717) is 11.1 Å². The van der Waals surface area contributed by atoms with Gasteiger partial charge in [-0.05, 0) is 49.6 Å². The van der Waals surface area contributed by atoms with Gasteiger partial charge in [-0.3, -0.25) is 4.79 Å². The van der Waals surface area contributed by atoms with Crippen molar-refractivity contribution in [1.29, 1.82) is 0 Å². The molecule has 0 heterocycles. The minimum atomic E-state index is -3.87. The van der Waals surface area contributed by atoms with Crippen LogP contribution in [-0.2, 0) is 10.0 Å². The van der Waals surface area contributed by atoms with Gasteiger partial charge < -0.3 is 0 Å². The first-order valence-electron chi connectivity index (χ1n) is 6.52. The molecule has 0 saturated carbocycles. The number of nitrogens with one attached hydrogen (secondary N) is 1. The maximum atomic E-state index is 12.3. The molecule has 4 nitrogen and oxygen atoms in total. The lowest BCUT2D eigenvalue weighted by molar-refractivity contribution is 0.0980. The number of hydrogen-bond acceptors (Lipinski definition) is 3. The number of carbonyl (C=O) groups excluding carboxylic acids is 1. The molecule has 0 saturated heterocycles. The first kappa shape index (κ1) is 15.3. The SMILES string of the molecule is Cc1ccccc1S(=O)(=O)NC(=O)c1cccc(C)c1C. The molecule has 0 bridgehead atoms. The summed E-state index contributed by atoms with van der Waals surface area (Å²) in [6.45, 7) is 5.36. The summed E-state index contributed by atoms with van der Waals surface area (Å²) in [5, 5.41) is 0. The van der Waals surface area contributed by atoms with Gasteiger partial charge in [-0.25, -0.2) is 13.1 Å². The molecule has 0 fully saturated rings. The topological polar surface area (TPSA) is 63.2 Å². The summed E-state index contributed by atoms with van der Waals surface area (Å²) in [5.41, 5.74) is 2.68. The summed E-state index contributed by atoms with van der Waals surface area (Å²) in [7, 11) is -3.87. The van der Waals surface area contributed by atoms with Crippen molar-refractivity contribution in [3.05, 3.63) is 64.7 Å². The fraction of sp³-hybridized carbons (Fsp3) is 0.188. The summed E-state index contributed by atoms with van der Waals surface area (Å²) in [6, 6.07) is 11.8. The van der Waals surface area contributed by atoms with Gasteiger partial charge in [0.05, 0.1) is 4.90 Å². The van der Waals surface area contributed by atoms with Gasteiger partial charge in [0.25, 0.3) is 15.9 Å². The summed E-state index contributed by atoms with van der Waals surface area (Å²) in [5.74, 6) is -0.612. The molecule has 0 aliphatic carbocycles. The number of hydrogen-bond donors (Lipinski definition) is 1. The van der Waals surface area contributed by atoms with E-state index < -0.39 is 15.9 Å². The Morgan fingerprint density at radius 3 is 2.19 bits per heavy atom. The van der Waals surface area contributed by atoms with Gasteiger partial charge >= 0.3 is 0 Å². The second kappa shape index (κ2) is 5.69. The molecule has 0 unspecified atom stereocenters. The van der Waals surface area contributed by atoms with E-state index in [0.717, 1.165) is 11.1 Å². The zero-order chi connectivity index (χ0) is 15.6. The predicted molar refractivity (Wildman–Crippen MR) is 81.7 cm³/mol. The van der Waals surface area contributed by atoms with Crippen LogP contribution in [0.3, 0.4) is 0 Å². The van der Waals surface area contributed by atoms with Crippen LogP contribution in [0.25, 0.3) is 0 Å². The Labute approximate surface area is 124 Å². The van der Waals surface area contributed by atoms with Crippen LogP contribution in [0.5, 0.6) is 0 Å². The average Bonchev–Trinajstić information content (AvgIpc) is 2.41. The molecule has 0 aromatic heterocycles. The summed E-state index contributed by atoms with van der Waals surface area (Å²) < 4.78 is 26.7. The van der Waals surface area contributed by atoms with Gasteiger partial charge in [0, 0.05) is 5.56 Å². The third kappa shape index (κ3) is 3.13. The molecule has 0 radical (unpaired) electrons. The largest absolute Gasteiger partial charge is 0.268 e. The van der Waals surface area contributed by atoms with E-state index in [4.69, 9.17) is 0 Å². The Kier molecular flexibility index (Phi) is 4.14. The molecule has 110 valence electrons. The molecule has 0 spiro atoms. The van der Waals surface area contributed by atoms with E-state index in [9.17, 15) is 13.2 Å². The lowest BCUT2D eigenvalue weighted by Crippen LogP contribution is -2.31. The van der Waals surface area contributed by atoms with E-state index in [1.165, 1.54) is 6.07 Å². The lowest BCUT2D eigenvalue weighted by Gasteiger charge is -2.11. The van der Waals surface area contributed by atoms with Crippen LogP contribution in [0.2, 0.25) is 0 Å². The van der Waals surface area contributed by atoms with Gasteiger partial charge in [-0.1, -0.05) is 30.3 Å². The zero-order valence-electron chi connectivity index (χ0n) is 12.2. The lowest BCUT2D eigenvalue weighted by atomic mass is 10.0. The molecular weight excluding hydrogens is 286 g/mol. The molecule has 21 heavy (non-hydrogen) atoms. The second-order valence-electron chi connectivity index (χ2n) is 4.95. The van der Waals surface area contributed by atoms with Crippen LogP contribution in [-0.4, -0.2) is 14.3 Å². The maximum Gasteiger partial charge on any atom is 0.265 e. The van der Waals surface area contributed by atoms with Gasteiger partial charge in [0.15, 0.2) is 0 Å². The van der Waals surface area contributed by atoms with Crippen LogP contribution < -0.4 is 4.72 Å². The van der Waals surface area contributed by atoms with E-state index in [-0.39, 0.29) is 4.90 Å². The summed E-state index contributed by atoms with van der Waals surface area (Å²) >= 11 is 0. The Bertz CT molecular complexity index is 795. The molecule has 5 heteroatoms. The van der Waals surface area contributed by atoms with Crippen molar-refractivity contribution < 1.29 is 13.2 Å². The molecule has 0 aliphatic rings. The number of carbonyl (C=O) groups is 1. The Morgan fingerprint density at radius 2 is 1.52 bits per heavy atom. The van der Waals surface area contributed by atoms with Crippen molar-refractivity contribution in [3.63, 3.8) is 0 Å². The van der Waals surface area contributed by atoms with Gasteiger partial charge in [-0.15, -0.1) is 0 Å². The molecule has 2 aromatic rings. The van der Waals surface area contributed by atoms with E-state index in [2.05, 4.69) is 4.72 Å². The minimum Gasteiger partial charge on any atom is -0.268 e. The molecular formula is C16H17NO3S. The Morgan fingerprint density at radius 1 is 0.905 bits per heavy atom. The van der Waals surface area contributed by atoms with Crippen LogP contribution in [0, 0.1) is 20.8 Å². The smallest absolute Gasteiger partial charge is 0.265 e. The van der Waals surface area contributed by atoms with Gasteiger partial charge in [-0.2, -0.15) is 0 Å². The first-order chi connectivity index (χ1) is 9.83. The van der Waals surface area contributed by atoms with E-state index in [1.54, 1.807) is 44.2 Å². The maximum absolute atomic E-state index is 12.3. The van der Waals surface area contributed by atoms with Gasteiger partial charge in [0.1, 0.15) is 0 Å². The van der Waals surface area contributed by atoms with E-state index in [1.807, 2.05) is 13.0 Å². The second-order valence-corrected chi connectivity index (χ2v) is 6.60. The third-order valence-corrected chi connectivity index (χ3v) is 4.95. The fourth-order valence-electron chi connectivity index (χ4n) is 2.09. The van der Waals surface area contributed by atoms with Crippen LogP contribution in [0.4, 0.5) is 0 Å². The third-order valence-electron chi connectivity index (χ3n) is 3.46. The number of rotatable bonds is 3. The van der Waals surface area contributed by atoms with E-state index >= 15 is 0 Å². The highest BCUT2D eigenvalue weighted by Crippen LogP contribution is 2.16. The zero-order valence-corrected chi connectivity index (χ0v) is 13.0. The monoisotopic (exact) mass is 303 g/mol. The van der Waals surface area contributed by atoms with Crippen molar-refractivity contribution >= 4 is 15.9 Å². The molecule has 2 aromatic carbocycles. The van der Waals surface area contributed by atoms with Crippen LogP contribution in [0.1, 0.15) is 27.0 Å². The predicted octanol–water partition coefficient (Wildman–Crippen LogP) is 2.73. The Hall–Kier alpha value is -2.14. The van der Waals surface area contributed by atoms with Gasteiger partial charge in [0.2, 0.25) is 0 Å². The average molecular weight is 303 g/mol. The first-order valence-corrected chi connectivity index (χ1v) is 8.00. The number of benzene rings is 2. The van der Waals surface area contributed by atoms with Crippen molar-refractivity contribution in [2.75, 3.05) is 0 Å². The van der Waals surface area contributed by atoms with Crippen molar-refractivity contribution in [2.45, 2.75) is 25.7 Å². The number of sulfonamides is 1. The highest BCUT2D eigenvalue weighted by atomic mass is 32.2. The van der Waals surface area contributed by atoms with Crippen molar-refractivity contribution in [1.82, 2.24) is 4.72 Å². The molecule has 1 amide bonds. The van der Waals surface area contributed by atoms with Crippen LogP contribution in [0.15, 0.2) is 47.4 Å². The molecule has 0 atom stereocenters. The summed E-state index contributed by atoms with van der Waals surface area (Å²) in [6.07, 6.45) is 0. The molecule has 1 N–H and O–H groups in total. The number of amides is 1. The highest BCUT2D eigenvalue weighted by molar-refractivity contribution is 7.90. The Balaban J connectivity index is 2.35. The quantitative estimate of drug-likeness (QED) is 0.948. The summed E-state index contributed by atoms with van der Waals surface area (Å²) in [4.78, 5) is 12.3. The van der Waals surface area contributed by atoms with Crippen LogP contribution >= 0.6 is 0 Å².